The highest BCUT2D eigenvalue weighted by atomic mass is 14.1. The molecule has 2 atom stereocenters. The lowest BCUT2D eigenvalue weighted by molar-refractivity contribution is 0.390. The summed E-state index contributed by atoms with van der Waals surface area (Å²) in [6.07, 6.45) is 14.4. The average Bonchev–Trinajstić information content (AvgIpc) is 2.33. The summed E-state index contributed by atoms with van der Waals surface area (Å²) >= 11 is 0. The Hall–Kier alpha value is 0. The summed E-state index contributed by atoms with van der Waals surface area (Å²) in [5.74, 6) is 3.66. The second-order valence-electron chi connectivity index (χ2n) is 8.14. The lowest BCUT2D eigenvalue weighted by Gasteiger charge is -2.14. The van der Waals surface area contributed by atoms with Crippen LogP contribution in [-0.2, 0) is 0 Å². The van der Waals surface area contributed by atoms with Crippen molar-refractivity contribution in [2.45, 2.75) is 106 Å². The SMILES string of the molecule is CC(C)CCCC(C)CCCCC(C)CCCC(C)C. The van der Waals surface area contributed by atoms with Gasteiger partial charge in [0.15, 0.2) is 0 Å². The Balaban J connectivity index is 3.36. The summed E-state index contributed by atoms with van der Waals surface area (Å²) < 4.78 is 0. The molecule has 0 bridgehead atoms. The van der Waals surface area contributed by atoms with Gasteiger partial charge in [-0.25, -0.2) is 0 Å². The molecule has 0 fully saturated rings. The molecular weight excluding hydrogens is 240 g/mol. The van der Waals surface area contributed by atoms with Gasteiger partial charge in [0.25, 0.3) is 0 Å². The first-order chi connectivity index (χ1) is 9.41. The van der Waals surface area contributed by atoms with Crippen molar-refractivity contribution in [1.82, 2.24) is 0 Å². The predicted molar refractivity (Wildman–Crippen MR) is 94.2 cm³/mol. The second-order valence-corrected chi connectivity index (χ2v) is 8.14. The first-order valence-corrected chi connectivity index (χ1v) is 9.41. The molecule has 0 aromatic heterocycles. The highest BCUT2D eigenvalue weighted by molar-refractivity contribution is 4.59. The third-order valence-electron chi connectivity index (χ3n) is 4.60. The molecule has 0 rings (SSSR count). The molecule has 20 heavy (non-hydrogen) atoms. The number of hydrogen-bond donors (Lipinski definition) is 0. The highest BCUT2D eigenvalue weighted by Gasteiger charge is 2.06. The maximum absolute atomic E-state index is 2.45. The molecule has 0 spiro atoms. The van der Waals surface area contributed by atoms with E-state index in [0.717, 1.165) is 23.7 Å². The van der Waals surface area contributed by atoms with Crippen LogP contribution in [0.15, 0.2) is 0 Å². The number of rotatable bonds is 13. The molecule has 0 saturated heterocycles. The number of unbranched alkanes of at least 4 members (excludes halogenated alkanes) is 1. The van der Waals surface area contributed by atoms with Gasteiger partial charge < -0.3 is 0 Å². The van der Waals surface area contributed by atoms with E-state index in [0.29, 0.717) is 0 Å². The molecule has 0 nitrogen and oxygen atoms in total. The third-order valence-corrected chi connectivity index (χ3v) is 4.60. The molecule has 122 valence electrons. The van der Waals surface area contributed by atoms with Crippen LogP contribution in [0.3, 0.4) is 0 Å². The summed E-state index contributed by atoms with van der Waals surface area (Å²) in [5.41, 5.74) is 0. The van der Waals surface area contributed by atoms with E-state index in [9.17, 15) is 0 Å². The lowest BCUT2D eigenvalue weighted by atomic mass is 9.92. The van der Waals surface area contributed by atoms with Crippen LogP contribution in [-0.4, -0.2) is 0 Å². The number of hydrogen-bond acceptors (Lipinski definition) is 0. The highest BCUT2D eigenvalue weighted by Crippen LogP contribution is 2.21. The largest absolute Gasteiger partial charge is 0.0628 e. The molecule has 0 amide bonds. The minimum Gasteiger partial charge on any atom is -0.0628 e. The van der Waals surface area contributed by atoms with Crippen molar-refractivity contribution in [1.29, 1.82) is 0 Å². The first kappa shape index (κ1) is 20.0. The zero-order chi connectivity index (χ0) is 15.4. The summed E-state index contributed by atoms with van der Waals surface area (Å²) in [4.78, 5) is 0. The fraction of sp³-hybridized carbons (Fsp3) is 1.00. The van der Waals surface area contributed by atoms with Gasteiger partial charge in [-0.1, -0.05) is 106 Å². The molecule has 0 saturated carbocycles. The standard InChI is InChI=1S/C20H42/c1-17(2)11-9-15-19(5)13-7-8-14-20(6)16-10-12-18(3)4/h17-20H,7-16H2,1-6H3. The zero-order valence-electron chi connectivity index (χ0n) is 15.4. The van der Waals surface area contributed by atoms with Gasteiger partial charge in [-0.15, -0.1) is 0 Å². The van der Waals surface area contributed by atoms with Crippen molar-refractivity contribution in [2.24, 2.45) is 23.7 Å². The molecule has 0 aliphatic rings. The quantitative estimate of drug-likeness (QED) is 0.307. The average molecular weight is 283 g/mol. The van der Waals surface area contributed by atoms with E-state index in [1.807, 2.05) is 0 Å². The van der Waals surface area contributed by atoms with Gasteiger partial charge in [0.05, 0.1) is 0 Å². The van der Waals surface area contributed by atoms with E-state index in [2.05, 4.69) is 41.5 Å². The van der Waals surface area contributed by atoms with Crippen LogP contribution >= 0.6 is 0 Å². The Bertz CT molecular complexity index is 170. The molecule has 0 aliphatic heterocycles. The van der Waals surface area contributed by atoms with Crippen LogP contribution in [0.1, 0.15) is 106 Å². The minimum atomic E-state index is 0.883. The molecule has 0 aromatic carbocycles. The summed E-state index contributed by atoms with van der Waals surface area (Å²) in [7, 11) is 0. The summed E-state index contributed by atoms with van der Waals surface area (Å²) in [6, 6.07) is 0. The predicted octanol–water partition coefficient (Wildman–Crippen LogP) is 7.47. The van der Waals surface area contributed by atoms with E-state index in [4.69, 9.17) is 0 Å². The van der Waals surface area contributed by atoms with Gasteiger partial charge in [-0.2, -0.15) is 0 Å². The maximum atomic E-state index is 2.45. The second kappa shape index (κ2) is 12.7. The van der Waals surface area contributed by atoms with Crippen LogP contribution < -0.4 is 0 Å². The van der Waals surface area contributed by atoms with Crippen molar-refractivity contribution in [3.63, 3.8) is 0 Å². The minimum absolute atomic E-state index is 0.883. The van der Waals surface area contributed by atoms with Gasteiger partial charge in [0, 0.05) is 0 Å². The Morgan fingerprint density at radius 3 is 1.00 bits per heavy atom. The van der Waals surface area contributed by atoms with E-state index in [1.165, 1.54) is 64.2 Å². The van der Waals surface area contributed by atoms with Crippen LogP contribution in [0.2, 0.25) is 0 Å². The van der Waals surface area contributed by atoms with E-state index in [-0.39, 0.29) is 0 Å². The fourth-order valence-corrected chi connectivity index (χ4v) is 3.02. The van der Waals surface area contributed by atoms with Crippen molar-refractivity contribution in [3.8, 4) is 0 Å². The Kier molecular flexibility index (Phi) is 12.7. The molecule has 0 radical (unpaired) electrons. The molecule has 2 unspecified atom stereocenters. The molecular formula is C20H42. The van der Waals surface area contributed by atoms with Gasteiger partial charge in [-0.05, 0) is 23.7 Å². The van der Waals surface area contributed by atoms with Crippen molar-refractivity contribution >= 4 is 0 Å². The first-order valence-electron chi connectivity index (χ1n) is 9.41. The fourth-order valence-electron chi connectivity index (χ4n) is 3.02. The summed E-state index contributed by atoms with van der Waals surface area (Å²) in [6.45, 7) is 14.3. The molecule has 0 N–H and O–H groups in total. The van der Waals surface area contributed by atoms with Gasteiger partial charge in [0.2, 0.25) is 0 Å². The lowest BCUT2D eigenvalue weighted by Crippen LogP contribution is -1.99. The van der Waals surface area contributed by atoms with E-state index >= 15 is 0 Å². The summed E-state index contributed by atoms with van der Waals surface area (Å²) in [5, 5.41) is 0. The third kappa shape index (κ3) is 14.4. The Morgan fingerprint density at radius 1 is 0.400 bits per heavy atom. The van der Waals surface area contributed by atoms with Gasteiger partial charge >= 0.3 is 0 Å². The molecule has 0 aliphatic carbocycles. The van der Waals surface area contributed by atoms with Crippen LogP contribution in [0, 0.1) is 23.7 Å². The van der Waals surface area contributed by atoms with Crippen molar-refractivity contribution in [2.75, 3.05) is 0 Å². The maximum Gasteiger partial charge on any atom is -0.0443 e. The Labute approximate surface area is 130 Å². The van der Waals surface area contributed by atoms with E-state index in [1.54, 1.807) is 0 Å². The topological polar surface area (TPSA) is 0 Å². The zero-order valence-corrected chi connectivity index (χ0v) is 15.4. The van der Waals surface area contributed by atoms with Gasteiger partial charge in [-0.3, -0.25) is 0 Å². The van der Waals surface area contributed by atoms with Crippen LogP contribution in [0.4, 0.5) is 0 Å². The van der Waals surface area contributed by atoms with Crippen LogP contribution in [0.5, 0.6) is 0 Å². The Morgan fingerprint density at radius 2 is 0.700 bits per heavy atom. The molecule has 0 aromatic rings. The normalized spacial score (nSPS) is 15.0. The van der Waals surface area contributed by atoms with Crippen LogP contribution in [0.25, 0.3) is 0 Å². The van der Waals surface area contributed by atoms with Crippen molar-refractivity contribution < 1.29 is 0 Å². The van der Waals surface area contributed by atoms with E-state index < -0.39 is 0 Å². The molecule has 0 heterocycles. The smallest absolute Gasteiger partial charge is 0.0443 e. The monoisotopic (exact) mass is 282 g/mol. The molecule has 0 heteroatoms. The van der Waals surface area contributed by atoms with Gasteiger partial charge in [0.1, 0.15) is 0 Å². The van der Waals surface area contributed by atoms with Crippen molar-refractivity contribution in [3.05, 3.63) is 0 Å².